The first-order valence-electron chi connectivity index (χ1n) is 12.9. The van der Waals surface area contributed by atoms with Gasteiger partial charge in [-0.15, -0.1) is 0 Å². The van der Waals surface area contributed by atoms with Crippen molar-refractivity contribution in [3.8, 4) is 0 Å². The highest BCUT2D eigenvalue weighted by atomic mass is 15.3. The highest BCUT2D eigenvalue weighted by molar-refractivity contribution is 5.16. The molecule has 0 amide bonds. The zero-order valence-corrected chi connectivity index (χ0v) is 20.5. The van der Waals surface area contributed by atoms with E-state index in [0.29, 0.717) is 11.5 Å². The quantitative estimate of drug-likeness (QED) is 0.282. The van der Waals surface area contributed by atoms with E-state index < -0.39 is 0 Å². The first-order chi connectivity index (χ1) is 13.8. The van der Waals surface area contributed by atoms with Crippen LogP contribution < -0.4 is 16.0 Å². The van der Waals surface area contributed by atoms with Crippen molar-refractivity contribution in [1.29, 1.82) is 0 Å². The van der Waals surface area contributed by atoms with Crippen LogP contribution in [-0.2, 0) is 0 Å². The van der Waals surface area contributed by atoms with Crippen LogP contribution >= 0.6 is 0 Å². The number of hydrogen-bond acceptors (Lipinski definition) is 3. The van der Waals surface area contributed by atoms with E-state index in [2.05, 4.69) is 57.7 Å². The Morgan fingerprint density at radius 3 is 1.79 bits per heavy atom. The molecule has 2 atom stereocenters. The van der Waals surface area contributed by atoms with Crippen LogP contribution in [-0.4, -0.2) is 31.3 Å². The van der Waals surface area contributed by atoms with Gasteiger partial charge < -0.3 is 10.6 Å². The normalized spacial score (nSPS) is 34.3. The molecule has 2 unspecified atom stereocenters. The van der Waals surface area contributed by atoms with Gasteiger partial charge in [0.2, 0.25) is 0 Å². The fourth-order valence-electron chi connectivity index (χ4n) is 7.98. The molecule has 0 aromatic carbocycles. The van der Waals surface area contributed by atoms with Gasteiger partial charge in [0.05, 0.1) is 5.66 Å². The van der Waals surface area contributed by atoms with E-state index >= 15 is 0 Å². The van der Waals surface area contributed by atoms with Crippen molar-refractivity contribution >= 4 is 0 Å². The largest absolute Gasteiger partial charge is 0.314 e. The summed E-state index contributed by atoms with van der Waals surface area (Å²) in [5.41, 5.74) is 0.488. The third-order valence-electron chi connectivity index (χ3n) is 8.56. The maximum Gasteiger partial charge on any atom is 0.0904 e. The van der Waals surface area contributed by atoms with Crippen molar-refractivity contribution in [2.75, 3.05) is 14.1 Å². The first-order valence-corrected chi connectivity index (χ1v) is 12.9. The summed E-state index contributed by atoms with van der Waals surface area (Å²) in [6, 6.07) is 0.481. The summed E-state index contributed by atoms with van der Waals surface area (Å²) in [6.45, 7) is 9.38. The van der Waals surface area contributed by atoms with Crippen molar-refractivity contribution in [1.82, 2.24) is 16.0 Å². The molecule has 0 aliphatic heterocycles. The summed E-state index contributed by atoms with van der Waals surface area (Å²) < 4.78 is 0. The number of likely N-dealkylation sites (N-methyl/N-ethyl adjacent to an activating group) is 2. The summed E-state index contributed by atoms with van der Waals surface area (Å²) in [4.78, 5) is 0. The van der Waals surface area contributed by atoms with E-state index in [9.17, 15) is 0 Å². The Bertz CT molecular complexity index is 473. The minimum atomic E-state index is -0.0145. The third kappa shape index (κ3) is 5.04. The SMILES string of the molecule is CCCCCCCCC(NC)C(NC)(NC(C)(C)C)C12CC3CC(CC(C3)C1)C2. The van der Waals surface area contributed by atoms with Crippen LogP contribution in [0.5, 0.6) is 0 Å². The van der Waals surface area contributed by atoms with Crippen LogP contribution in [0.15, 0.2) is 0 Å². The topological polar surface area (TPSA) is 36.1 Å². The lowest BCUT2D eigenvalue weighted by Crippen LogP contribution is -2.79. The van der Waals surface area contributed by atoms with Crippen LogP contribution in [0.2, 0.25) is 0 Å². The van der Waals surface area contributed by atoms with E-state index in [1.807, 2.05) is 0 Å². The summed E-state index contributed by atoms with van der Waals surface area (Å²) in [6.07, 6.45) is 18.4. The van der Waals surface area contributed by atoms with Crippen molar-refractivity contribution < 1.29 is 0 Å². The fourth-order valence-corrected chi connectivity index (χ4v) is 7.98. The minimum Gasteiger partial charge on any atom is -0.314 e. The lowest BCUT2D eigenvalue weighted by atomic mass is 9.45. The van der Waals surface area contributed by atoms with E-state index in [4.69, 9.17) is 0 Å². The molecule has 0 heterocycles. The van der Waals surface area contributed by atoms with Gasteiger partial charge in [-0.05, 0) is 97.6 Å². The number of nitrogens with one attached hydrogen (secondary N) is 3. The van der Waals surface area contributed by atoms with E-state index in [1.165, 1.54) is 83.5 Å². The van der Waals surface area contributed by atoms with Gasteiger partial charge in [-0.2, -0.15) is 0 Å². The molecule has 0 radical (unpaired) electrons. The molecule has 4 aliphatic carbocycles. The Balaban J connectivity index is 1.81. The second-order valence-electron chi connectivity index (χ2n) is 12.0. The van der Waals surface area contributed by atoms with Crippen molar-refractivity contribution in [3.63, 3.8) is 0 Å². The maximum absolute atomic E-state index is 4.22. The maximum atomic E-state index is 4.22. The van der Waals surface area contributed by atoms with Crippen LogP contribution in [0, 0.1) is 23.2 Å². The molecule has 4 aliphatic rings. The Kier molecular flexibility index (Phi) is 7.77. The van der Waals surface area contributed by atoms with Crippen LogP contribution in [0.1, 0.15) is 111 Å². The summed E-state index contributed by atoms with van der Waals surface area (Å²) in [7, 11) is 4.45. The molecule has 3 nitrogen and oxygen atoms in total. The Hall–Kier alpha value is -0.120. The van der Waals surface area contributed by atoms with Crippen molar-refractivity contribution in [2.24, 2.45) is 23.2 Å². The van der Waals surface area contributed by atoms with Gasteiger partial charge in [-0.3, -0.25) is 5.32 Å². The molecule has 0 spiro atoms. The molecule has 0 aromatic rings. The minimum absolute atomic E-state index is 0.0145. The Morgan fingerprint density at radius 1 is 0.828 bits per heavy atom. The molecule has 29 heavy (non-hydrogen) atoms. The van der Waals surface area contributed by atoms with Crippen LogP contribution in [0.4, 0.5) is 0 Å². The molecule has 3 heteroatoms. The molecule has 3 N–H and O–H groups in total. The molecule has 0 aromatic heterocycles. The highest BCUT2D eigenvalue weighted by Gasteiger charge is 2.62. The fraction of sp³-hybridized carbons (Fsp3) is 1.00. The van der Waals surface area contributed by atoms with E-state index in [0.717, 1.165) is 17.8 Å². The molecule has 0 saturated heterocycles. The number of unbranched alkanes of at least 4 members (excludes halogenated alkanes) is 5. The monoisotopic (exact) mass is 405 g/mol. The molecular formula is C26H51N3. The van der Waals surface area contributed by atoms with Gasteiger partial charge in [0, 0.05) is 17.0 Å². The molecule has 4 saturated carbocycles. The smallest absolute Gasteiger partial charge is 0.0904 e. The highest BCUT2D eigenvalue weighted by Crippen LogP contribution is 2.64. The zero-order chi connectivity index (χ0) is 21.1. The van der Waals surface area contributed by atoms with Crippen LogP contribution in [0.25, 0.3) is 0 Å². The molecule has 170 valence electrons. The van der Waals surface area contributed by atoms with Crippen molar-refractivity contribution in [2.45, 2.75) is 128 Å². The predicted octanol–water partition coefficient (Wildman–Crippen LogP) is 5.85. The predicted molar refractivity (Wildman–Crippen MR) is 126 cm³/mol. The third-order valence-corrected chi connectivity index (χ3v) is 8.56. The van der Waals surface area contributed by atoms with Gasteiger partial charge in [0.25, 0.3) is 0 Å². The summed E-state index contributed by atoms with van der Waals surface area (Å²) in [5.74, 6) is 2.92. The average molecular weight is 406 g/mol. The average Bonchev–Trinajstić information content (AvgIpc) is 2.64. The molecule has 4 bridgehead atoms. The standard InChI is InChI=1S/C26H51N3/c1-7-8-9-10-11-12-13-23(27-5)26(28-6,29-24(2,3)4)25-17-20-14-21(18-25)16-22(15-20)19-25/h20-23,27-29H,7-19H2,1-6H3. The van der Waals surface area contributed by atoms with Gasteiger partial charge in [0.15, 0.2) is 0 Å². The molecule has 4 rings (SSSR count). The second kappa shape index (κ2) is 9.57. The second-order valence-corrected chi connectivity index (χ2v) is 12.0. The van der Waals surface area contributed by atoms with Gasteiger partial charge >= 0.3 is 0 Å². The summed E-state index contributed by atoms with van der Waals surface area (Å²) >= 11 is 0. The van der Waals surface area contributed by atoms with Gasteiger partial charge in [-0.1, -0.05) is 45.4 Å². The van der Waals surface area contributed by atoms with Crippen molar-refractivity contribution in [3.05, 3.63) is 0 Å². The Morgan fingerprint density at radius 2 is 1.34 bits per heavy atom. The number of hydrogen-bond donors (Lipinski definition) is 3. The molecular weight excluding hydrogens is 354 g/mol. The Labute approximate surface area is 181 Å². The molecule has 4 fully saturated rings. The first kappa shape index (κ1) is 23.5. The lowest BCUT2D eigenvalue weighted by molar-refractivity contribution is -0.135. The van der Waals surface area contributed by atoms with E-state index in [-0.39, 0.29) is 11.2 Å². The van der Waals surface area contributed by atoms with E-state index in [1.54, 1.807) is 0 Å². The number of rotatable bonds is 12. The summed E-state index contributed by atoms with van der Waals surface area (Å²) in [5, 5.41) is 12.0. The lowest BCUT2D eigenvalue weighted by Gasteiger charge is -2.66. The zero-order valence-electron chi connectivity index (χ0n) is 20.5. The van der Waals surface area contributed by atoms with Crippen LogP contribution in [0.3, 0.4) is 0 Å². The van der Waals surface area contributed by atoms with Gasteiger partial charge in [0.1, 0.15) is 0 Å². The van der Waals surface area contributed by atoms with Gasteiger partial charge in [-0.25, -0.2) is 0 Å².